The molecule has 1 unspecified atom stereocenters. The van der Waals surface area contributed by atoms with Crippen molar-refractivity contribution < 1.29 is 9.53 Å². The van der Waals surface area contributed by atoms with E-state index in [1.54, 1.807) is 36.5 Å². The smallest absolute Gasteiger partial charge is 0.260 e. The maximum absolute atomic E-state index is 12.0. The second kappa shape index (κ2) is 9.25. The number of halogens is 2. The summed E-state index contributed by atoms with van der Waals surface area (Å²) in [6.45, 7) is 4.32. The summed E-state index contributed by atoms with van der Waals surface area (Å²) in [7, 11) is 0. The summed E-state index contributed by atoms with van der Waals surface area (Å²) in [6.07, 6.45) is 2.26. The van der Waals surface area contributed by atoms with Crippen LogP contribution in [-0.2, 0) is 11.2 Å². The van der Waals surface area contributed by atoms with Crippen molar-refractivity contribution in [1.82, 2.24) is 10.3 Å². The number of amides is 1. The molecule has 0 aliphatic carbocycles. The second-order valence-electron chi connectivity index (χ2n) is 5.47. The van der Waals surface area contributed by atoms with E-state index in [9.17, 15) is 4.79 Å². The van der Waals surface area contributed by atoms with Gasteiger partial charge in [-0.25, -0.2) is 4.98 Å². The number of unbranched alkanes of at least 4 members (excludes halogenated alkanes) is 1. The van der Waals surface area contributed by atoms with Gasteiger partial charge in [0.1, 0.15) is 5.75 Å². The van der Waals surface area contributed by atoms with Gasteiger partial charge in [0.25, 0.3) is 5.91 Å². The topological polar surface area (TPSA) is 51.2 Å². The Morgan fingerprint density at radius 1 is 1.33 bits per heavy atom. The summed E-state index contributed by atoms with van der Waals surface area (Å²) in [5.41, 5.74) is 1.07. The molecule has 0 spiro atoms. The molecule has 2 rings (SSSR count). The van der Waals surface area contributed by atoms with Gasteiger partial charge in [-0.05, 0) is 45.2 Å². The van der Waals surface area contributed by atoms with Crippen molar-refractivity contribution in [1.29, 1.82) is 0 Å². The van der Waals surface area contributed by atoms with E-state index in [0.29, 0.717) is 22.3 Å². The predicted octanol–water partition coefficient (Wildman–Crippen LogP) is 4.66. The largest absolute Gasteiger partial charge is 0.481 e. The molecule has 0 bridgehead atoms. The number of aromatic nitrogens is 1. The first kappa shape index (κ1) is 19.0. The highest BCUT2D eigenvalue weighted by molar-refractivity contribution is 7.09. The SMILES string of the molecule is Cc1csc(CCCCNC(=O)C(C)Oc2ccc(Cl)c(Cl)c2)n1. The minimum atomic E-state index is -0.594. The Bertz CT molecular complexity index is 691. The Kier molecular flexibility index (Phi) is 7.34. The van der Waals surface area contributed by atoms with Crippen LogP contribution in [0.1, 0.15) is 30.5 Å². The number of carbonyl (C=O) groups excluding carboxylic acids is 1. The first-order valence-electron chi connectivity index (χ1n) is 7.76. The van der Waals surface area contributed by atoms with Crippen LogP contribution in [0.25, 0.3) is 0 Å². The fourth-order valence-corrected chi connectivity index (χ4v) is 3.19. The van der Waals surface area contributed by atoms with Crippen molar-refractivity contribution in [3.63, 3.8) is 0 Å². The zero-order valence-corrected chi connectivity index (χ0v) is 16.0. The van der Waals surface area contributed by atoms with Crippen molar-refractivity contribution in [3.8, 4) is 5.75 Å². The van der Waals surface area contributed by atoms with Gasteiger partial charge in [-0.15, -0.1) is 11.3 Å². The van der Waals surface area contributed by atoms with Gasteiger partial charge in [0.05, 0.1) is 15.1 Å². The molecule has 0 aliphatic rings. The number of aryl methyl sites for hydroxylation is 2. The lowest BCUT2D eigenvalue weighted by Crippen LogP contribution is -2.36. The molecule has 0 radical (unpaired) electrons. The first-order valence-corrected chi connectivity index (χ1v) is 9.39. The van der Waals surface area contributed by atoms with Gasteiger partial charge in [-0.3, -0.25) is 4.79 Å². The van der Waals surface area contributed by atoms with E-state index in [1.807, 2.05) is 6.92 Å². The van der Waals surface area contributed by atoms with E-state index >= 15 is 0 Å². The summed E-state index contributed by atoms with van der Waals surface area (Å²) < 4.78 is 5.58. The van der Waals surface area contributed by atoms with E-state index in [4.69, 9.17) is 27.9 Å². The molecular weight excluding hydrogens is 367 g/mol. The van der Waals surface area contributed by atoms with Crippen molar-refractivity contribution in [2.75, 3.05) is 6.54 Å². The molecular formula is C17H20Cl2N2O2S. The third-order valence-electron chi connectivity index (χ3n) is 3.36. The van der Waals surface area contributed by atoms with Crippen molar-refractivity contribution in [2.45, 2.75) is 39.2 Å². The Balaban J connectivity index is 1.66. The molecule has 0 fully saturated rings. The monoisotopic (exact) mass is 386 g/mol. The highest BCUT2D eigenvalue weighted by Gasteiger charge is 2.14. The Morgan fingerprint density at radius 2 is 2.12 bits per heavy atom. The molecule has 130 valence electrons. The molecule has 0 aliphatic heterocycles. The fraction of sp³-hybridized carbons (Fsp3) is 0.412. The normalized spacial score (nSPS) is 12.0. The molecule has 1 aromatic heterocycles. The Hall–Kier alpha value is -1.30. The third kappa shape index (κ3) is 5.96. The number of nitrogens with zero attached hydrogens (tertiary/aromatic N) is 1. The number of hydrogen-bond acceptors (Lipinski definition) is 4. The zero-order valence-electron chi connectivity index (χ0n) is 13.6. The molecule has 1 N–H and O–H groups in total. The molecule has 1 aromatic carbocycles. The summed E-state index contributed by atoms with van der Waals surface area (Å²) in [6, 6.07) is 4.93. The Morgan fingerprint density at radius 3 is 2.79 bits per heavy atom. The molecule has 1 amide bonds. The van der Waals surface area contributed by atoms with Gasteiger partial charge >= 0.3 is 0 Å². The van der Waals surface area contributed by atoms with Crippen LogP contribution in [0.2, 0.25) is 10.0 Å². The van der Waals surface area contributed by atoms with Crippen LogP contribution in [0.5, 0.6) is 5.75 Å². The number of thiazole rings is 1. The van der Waals surface area contributed by atoms with Crippen LogP contribution < -0.4 is 10.1 Å². The van der Waals surface area contributed by atoms with E-state index in [1.165, 1.54) is 0 Å². The van der Waals surface area contributed by atoms with Gasteiger partial charge in [0.15, 0.2) is 6.10 Å². The highest BCUT2D eigenvalue weighted by Crippen LogP contribution is 2.26. The van der Waals surface area contributed by atoms with Gasteiger partial charge in [0, 0.05) is 23.7 Å². The number of rotatable bonds is 8. The van der Waals surface area contributed by atoms with E-state index < -0.39 is 6.10 Å². The predicted molar refractivity (Wildman–Crippen MR) is 99.4 cm³/mol. The van der Waals surface area contributed by atoms with Crippen molar-refractivity contribution >= 4 is 40.4 Å². The van der Waals surface area contributed by atoms with Crippen molar-refractivity contribution in [2.24, 2.45) is 0 Å². The second-order valence-corrected chi connectivity index (χ2v) is 7.22. The van der Waals surface area contributed by atoms with Crippen LogP contribution >= 0.6 is 34.5 Å². The molecule has 2 aromatic rings. The van der Waals surface area contributed by atoms with Gasteiger partial charge in [-0.2, -0.15) is 0 Å². The number of carbonyl (C=O) groups is 1. The number of nitrogens with one attached hydrogen (secondary N) is 1. The molecule has 4 nitrogen and oxygen atoms in total. The minimum Gasteiger partial charge on any atom is -0.481 e. The van der Waals surface area contributed by atoms with Crippen LogP contribution in [0.3, 0.4) is 0 Å². The number of benzene rings is 1. The van der Waals surface area contributed by atoms with Crippen LogP contribution in [-0.4, -0.2) is 23.5 Å². The van der Waals surface area contributed by atoms with Crippen LogP contribution in [0, 0.1) is 6.92 Å². The number of ether oxygens (including phenoxy) is 1. The molecule has 1 heterocycles. The summed E-state index contributed by atoms with van der Waals surface area (Å²) >= 11 is 13.5. The average molecular weight is 387 g/mol. The number of hydrogen-bond donors (Lipinski definition) is 1. The molecule has 1 atom stereocenters. The molecule has 24 heavy (non-hydrogen) atoms. The molecule has 0 saturated carbocycles. The van der Waals surface area contributed by atoms with Gasteiger partial charge in [-0.1, -0.05) is 23.2 Å². The quantitative estimate of drug-likeness (QED) is 0.670. The average Bonchev–Trinajstić information content (AvgIpc) is 2.95. The van der Waals surface area contributed by atoms with E-state index in [2.05, 4.69) is 15.7 Å². The maximum Gasteiger partial charge on any atom is 0.260 e. The van der Waals surface area contributed by atoms with E-state index in [0.717, 1.165) is 30.0 Å². The fourth-order valence-electron chi connectivity index (χ4n) is 2.08. The minimum absolute atomic E-state index is 0.147. The lowest BCUT2D eigenvalue weighted by atomic mass is 10.2. The molecule has 0 saturated heterocycles. The maximum atomic E-state index is 12.0. The third-order valence-corrected chi connectivity index (χ3v) is 5.12. The standard InChI is InChI=1S/C17H20Cl2N2O2S/c1-11-10-24-16(21-11)5-3-4-8-20-17(22)12(2)23-13-6-7-14(18)15(19)9-13/h6-7,9-10,12H,3-5,8H2,1-2H3,(H,20,22). The van der Waals surface area contributed by atoms with Crippen LogP contribution in [0.15, 0.2) is 23.6 Å². The van der Waals surface area contributed by atoms with Crippen molar-refractivity contribution in [3.05, 3.63) is 44.3 Å². The van der Waals surface area contributed by atoms with Gasteiger partial charge < -0.3 is 10.1 Å². The first-order chi connectivity index (χ1) is 11.5. The summed E-state index contributed by atoms with van der Waals surface area (Å²) in [5, 5.41) is 6.94. The van der Waals surface area contributed by atoms with E-state index in [-0.39, 0.29) is 5.91 Å². The highest BCUT2D eigenvalue weighted by atomic mass is 35.5. The van der Waals surface area contributed by atoms with Gasteiger partial charge in [0.2, 0.25) is 0 Å². The lowest BCUT2D eigenvalue weighted by molar-refractivity contribution is -0.127. The molecule has 7 heteroatoms. The Labute approximate surface area is 156 Å². The zero-order chi connectivity index (χ0) is 17.5. The lowest BCUT2D eigenvalue weighted by Gasteiger charge is -2.15. The van der Waals surface area contributed by atoms with Crippen LogP contribution in [0.4, 0.5) is 0 Å². The summed E-state index contributed by atoms with van der Waals surface area (Å²) in [5.74, 6) is 0.373. The summed E-state index contributed by atoms with van der Waals surface area (Å²) in [4.78, 5) is 16.5.